The van der Waals surface area contributed by atoms with E-state index in [4.69, 9.17) is 17.7 Å². The van der Waals surface area contributed by atoms with Crippen LogP contribution in [0.25, 0.3) is 5.78 Å². The van der Waals surface area contributed by atoms with Crippen LogP contribution in [-0.4, -0.2) is 24.7 Å². The van der Waals surface area contributed by atoms with Crippen LogP contribution in [0.4, 0.5) is 0 Å². The molecular weight excluding hydrogens is 188 g/mol. The molecule has 5 nitrogen and oxygen atoms in total. The zero-order valence-electron chi connectivity index (χ0n) is 6.93. The molecule has 0 amide bonds. The van der Waals surface area contributed by atoms with Crippen molar-refractivity contribution >= 4 is 18.4 Å². The number of aromatic nitrogens is 4. The Morgan fingerprint density at radius 2 is 2.31 bits per heavy atom. The number of fused-ring (bicyclic) bond motifs is 1. The van der Waals surface area contributed by atoms with Crippen LogP contribution >= 0.6 is 12.6 Å². The molecule has 2 rings (SSSR count). The Labute approximate surface area is 79.9 Å². The van der Waals surface area contributed by atoms with Crippen molar-refractivity contribution in [2.24, 2.45) is 0 Å². The van der Waals surface area contributed by atoms with Crippen molar-refractivity contribution in [3.63, 3.8) is 0 Å². The van der Waals surface area contributed by atoms with Crippen LogP contribution in [0.2, 0.25) is 0 Å². The van der Waals surface area contributed by atoms with Gasteiger partial charge in [-0.2, -0.15) is 14.5 Å². The van der Waals surface area contributed by atoms with E-state index in [2.05, 4.69) is 15.1 Å². The fraction of sp³-hybridized carbons (Fsp3) is 0.286. The molecule has 1 radical (unpaired) electrons. The van der Waals surface area contributed by atoms with Crippen molar-refractivity contribution in [1.82, 2.24) is 19.6 Å². The first-order valence-corrected chi connectivity index (χ1v) is 4.12. The Balaban J connectivity index is 2.80. The number of rotatable bonds is 1. The average Bonchev–Trinajstić information content (AvgIpc) is 2.43. The predicted molar refractivity (Wildman–Crippen MR) is 47.3 cm³/mol. The van der Waals surface area contributed by atoms with E-state index in [0.717, 1.165) is 0 Å². The highest BCUT2D eigenvalue weighted by molar-refractivity contribution is 7.80. The Bertz CT molecular complexity index is 453. The molecule has 0 spiro atoms. The lowest BCUT2D eigenvalue weighted by Gasteiger charge is -1.98. The van der Waals surface area contributed by atoms with Crippen LogP contribution in [0.1, 0.15) is 11.5 Å². The standard InChI is InChI=1S/C7H7N4OS/c1-4-8-7-9-6(13)2-5(3-12)11(7)10-4/h2,12H,3H2,1H3. The van der Waals surface area contributed by atoms with Gasteiger partial charge in [0.1, 0.15) is 10.9 Å². The molecule has 13 heavy (non-hydrogen) atoms. The number of nitrogens with zero attached hydrogens (tertiary/aromatic N) is 4. The Morgan fingerprint density at radius 3 is 3.00 bits per heavy atom. The second-order valence-corrected chi connectivity index (χ2v) is 3.03. The second-order valence-electron chi connectivity index (χ2n) is 2.61. The highest BCUT2D eigenvalue weighted by atomic mass is 32.1. The van der Waals surface area contributed by atoms with E-state index in [9.17, 15) is 0 Å². The zero-order chi connectivity index (χ0) is 9.42. The molecule has 67 valence electrons. The summed E-state index contributed by atoms with van der Waals surface area (Å²) in [6.45, 7) is 1.64. The lowest BCUT2D eigenvalue weighted by Crippen LogP contribution is -2.00. The lowest BCUT2D eigenvalue weighted by atomic mass is 10.4. The minimum absolute atomic E-state index is 0.120. The monoisotopic (exact) mass is 195 g/mol. The molecule has 2 aromatic rings. The number of hydrogen-bond donors (Lipinski definition) is 1. The molecule has 0 aliphatic carbocycles. The van der Waals surface area contributed by atoms with Gasteiger partial charge in [-0.3, -0.25) is 0 Å². The normalized spacial score (nSPS) is 10.9. The maximum absolute atomic E-state index is 9.01. The van der Waals surface area contributed by atoms with Gasteiger partial charge in [0, 0.05) is 0 Å². The molecule has 0 fully saturated rings. The summed E-state index contributed by atoms with van der Waals surface area (Å²) in [5.74, 6) is 1.05. The van der Waals surface area contributed by atoms with Crippen molar-refractivity contribution < 1.29 is 5.11 Å². The third kappa shape index (κ3) is 1.34. The Hall–Kier alpha value is -1.27. The third-order valence-corrected chi connectivity index (χ3v) is 1.84. The summed E-state index contributed by atoms with van der Waals surface area (Å²) >= 11 is 4.90. The fourth-order valence-corrected chi connectivity index (χ4v) is 1.33. The summed E-state index contributed by atoms with van der Waals surface area (Å²) in [6.07, 6.45) is 0. The molecule has 0 unspecified atom stereocenters. The van der Waals surface area contributed by atoms with Gasteiger partial charge in [-0.25, -0.2) is 0 Å². The van der Waals surface area contributed by atoms with Crippen LogP contribution < -0.4 is 0 Å². The maximum atomic E-state index is 9.01. The van der Waals surface area contributed by atoms with Gasteiger partial charge >= 0.3 is 0 Å². The first-order chi connectivity index (χ1) is 6.20. The molecule has 1 N–H and O–H groups in total. The molecule has 0 bridgehead atoms. The van der Waals surface area contributed by atoms with Crippen LogP contribution in [0.15, 0.2) is 11.1 Å². The second kappa shape index (κ2) is 2.90. The van der Waals surface area contributed by atoms with Gasteiger partial charge < -0.3 is 5.11 Å². The maximum Gasteiger partial charge on any atom is 0.254 e. The molecule has 6 heteroatoms. The topological polar surface area (TPSA) is 63.3 Å². The van der Waals surface area contributed by atoms with Gasteiger partial charge in [-0.15, -0.1) is 5.10 Å². The van der Waals surface area contributed by atoms with Crippen molar-refractivity contribution in [3.05, 3.63) is 17.6 Å². The van der Waals surface area contributed by atoms with E-state index in [-0.39, 0.29) is 6.61 Å². The molecule has 2 heterocycles. The van der Waals surface area contributed by atoms with E-state index in [1.807, 2.05) is 0 Å². The zero-order valence-corrected chi connectivity index (χ0v) is 7.75. The molecular formula is C7H7N4OS. The molecule has 0 aromatic carbocycles. The Kier molecular flexibility index (Phi) is 1.86. The summed E-state index contributed by atoms with van der Waals surface area (Å²) in [6, 6.07) is 1.61. The molecule has 0 aliphatic rings. The highest BCUT2D eigenvalue weighted by Crippen LogP contribution is 2.09. The minimum Gasteiger partial charge on any atom is -0.390 e. The summed E-state index contributed by atoms with van der Waals surface area (Å²) < 4.78 is 1.49. The quantitative estimate of drug-likeness (QED) is 0.672. The summed E-state index contributed by atoms with van der Waals surface area (Å²) in [4.78, 5) is 8.04. The van der Waals surface area contributed by atoms with E-state index >= 15 is 0 Å². The van der Waals surface area contributed by atoms with Gasteiger partial charge in [-0.05, 0) is 13.0 Å². The van der Waals surface area contributed by atoms with Crippen LogP contribution in [0, 0.1) is 6.92 Å². The van der Waals surface area contributed by atoms with Crippen LogP contribution in [-0.2, 0) is 6.61 Å². The number of hydrogen-bond acceptors (Lipinski definition) is 4. The van der Waals surface area contributed by atoms with Crippen LogP contribution in [0.5, 0.6) is 0 Å². The lowest BCUT2D eigenvalue weighted by molar-refractivity contribution is 0.273. The summed E-state index contributed by atoms with van der Waals surface area (Å²) in [5.41, 5.74) is 0.607. The molecule has 2 aromatic heterocycles. The van der Waals surface area contributed by atoms with Crippen molar-refractivity contribution in [3.8, 4) is 0 Å². The van der Waals surface area contributed by atoms with Crippen molar-refractivity contribution in [2.45, 2.75) is 18.6 Å². The van der Waals surface area contributed by atoms with Gasteiger partial charge in [0.2, 0.25) is 0 Å². The molecule has 0 saturated heterocycles. The number of aliphatic hydroxyl groups is 1. The number of aryl methyl sites for hydroxylation is 1. The first-order valence-electron chi connectivity index (χ1n) is 3.72. The smallest absolute Gasteiger partial charge is 0.254 e. The number of aliphatic hydroxyl groups excluding tert-OH is 1. The van der Waals surface area contributed by atoms with Gasteiger partial charge in [-0.1, -0.05) is 12.6 Å². The van der Waals surface area contributed by atoms with Crippen molar-refractivity contribution in [1.29, 1.82) is 0 Å². The molecule has 0 atom stereocenters. The van der Waals surface area contributed by atoms with Crippen molar-refractivity contribution in [2.75, 3.05) is 0 Å². The summed E-state index contributed by atoms with van der Waals surface area (Å²) in [5, 5.41) is 13.5. The SMILES string of the molecule is Cc1nc2nc([S])cc(CO)n2n1. The van der Waals surface area contributed by atoms with Gasteiger partial charge in [0.05, 0.1) is 12.3 Å². The molecule has 0 aliphatic heterocycles. The van der Waals surface area contributed by atoms with E-state index in [0.29, 0.717) is 22.3 Å². The van der Waals surface area contributed by atoms with E-state index in [1.165, 1.54) is 4.52 Å². The fourth-order valence-electron chi connectivity index (χ4n) is 1.12. The largest absolute Gasteiger partial charge is 0.390 e. The minimum atomic E-state index is -0.120. The predicted octanol–water partition coefficient (Wildman–Crippen LogP) is 0.481. The van der Waals surface area contributed by atoms with Gasteiger partial charge in [0.15, 0.2) is 0 Å². The third-order valence-electron chi connectivity index (χ3n) is 1.63. The van der Waals surface area contributed by atoms with E-state index in [1.54, 1.807) is 13.0 Å². The van der Waals surface area contributed by atoms with Crippen LogP contribution in [0.3, 0.4) is 0 Å². The van der Waals surface area contributed by atoms with E-state index < -0.39 is 0 Å². The average molecular weight is 195 g/mol. The van der Waals surface area contributed by atoms with Gasteiger partial charge in [0.25, 0.3) is 5.78 Å². The first kappa shape index (κ1) is 8.33. The molecule has 0 saturated carbocycles. The highest BCUT2D eigenvalue weighted by Gasteiger charge is 2.06. The summed E-state index contributed by atoms with van der Waals surface area (Å²) in [7, 11) is 0. The Morgan fingerprint density at radius 1 is 1.54 bits per heavy atom.